The van der Waals surface area contributed by atoms with Gasteiger partial charge in [-0.15, -0.1) is 13.2 Å². The van der Waals surface area contributed by atoms with E-state index in [0.717, 1.165) is 17.7 Å². The topological polar surface area (TPSA) is 73.9 Å². The number of carbonyl (C=O) groups excluding carboxylic acids is 2. The number of carbonyl (C=O) groups is 2. The summed E-state index contributed by atoms with van der Waals surface area (Å²) < 4.78 is 50.4. The molecule has 0 atom stereocenters. The first-order valence-corrected chi connectivity index (χ1v) is 8.67. The molecule has 29 heavy (non-hydrogen) atoms. The second-order valence-corrected chi connectivity index (χ2v) is 6.26. The molecule has 0 fully saturated rings. The minimum atomic E-state index is -4.79. The van der Waals surface area contributed by atoms with Gasteiger partial charge in [-0.25, -0.2) is 4.79 Å². The molecule has 0 radical (unpaired) electrons. The maximum absolute atomic E-state index is 12.1. The molecule has 0 unspecified atom stereocenters. The lowest BCUT2D eigenvalue weighted by Gasteiger charge is -2.13. The highest BCUT2D eigenvalue weighted by atomic mass is 19.4. The van der Waals surface area contributed by atoms with E-state index < -0.39 is 30.6 Å². The summed E-state index contributed by atoms with van der Waals surface area (Å²) in [6, 6.07) is 11.8. The number of amides is 1. The average Bonchev–Trinajstić information content (AvgIpc) is 2.65. The third kappa shape index (κ3) is 7.73. The molecule has 9 heteroatoms. The van der Waals surface area contributed by atoms with Crippen molar-refractivity contribution in [2.24, 2.45) is 0 Å². The van der Waals surface area contributed by atoms with Gasteiger partial charge in [0.2, 0.25) is 0 Å². The summed E-state index contributed by atoms with van der Waals surface area (Å²) in [6.07, 6.45) is -4.79. The van der Waals surface area contributed by atoms with Crippen LogP contribution in [0.2, 0.25) is 0 Å². The fourth-order valence-corrected chi connectivity index (χ4v) is 2.35. The van der Waals surface area contributed by atoms with Gasteiger partial charge in [0, 0.05) is 5.69 Å². The van der Waals surface area contributed by atoms with Gasteiger partial charge in [0.05, 0.1) is 0 Å². The van der Waals surface area contributed by atoms with Crippen LogP contribution in [0.3, 0.4) is 0 Å². The Labute approximate surface area is 165 Å². The number of benzene rings is 2. The van der Waals surface area contributed by atoms with Gasteiger partial charge in [-0.2, -0.15) is 0 Å². The number of para-hydroxylation sites is 1. The van der Waals surface area contributed by atoms with Gasteiger partial charge in [0.1, 0.15) is 11.5 Å². The standard InChI is InChI=1S/C20H20F3NO5/c1-13(2)16-5-3-4-6-17(16)27-12-19(26)28-11-18(25)24-14-7-9-15(10-8-14)29-20(21,22)23/h3-10,13H,11-12H2,1-2H3,(H,24,25). The Bertz CT molecular complexity index is 835. The molecule has 1 amide bonds. The summed E-state index contributed by atoms with van der Waals surface area (Å²) in [5, 5.41) is 2.39. The number of ether oxygens (including phenoxy) is 3. The molecular weight excluding hydrogens is 391 g/mol. The van der Waals surface area contributed by atoms with Gasteiger partial charge in [-0.1, -0.05) is 32.0 Å². The predicted octanol–water partition coefficient (Wildman–Crippen LogP) is 4.27. The maximum atomic E-state index is 12.1. The van der Waals surface area contributed by atoms with Crippen molar-refractivity contribution >= 4 is 17.6 Å². The molecule has 0 spiro atoms. The Balaban J connectivity index is 1.77. The predicted molar refractivity (Wildman–Crippen MR) is 98.7 cm³/mol. The van der Waals surface area contributed by atoms with E-state index in [0.29, 0.717) is 5.75 Å². The normalized spacial score (nSPS) is 11.1. The Morgan fingerprint density at radius 3 is 2.28 bits per heavy atom. The Kier molecular flexibility index (Phi) is 7.46. The number of esters is 1. The molecule has 0 aliphatic heterocycles. The lowest BCUT2D eigenvalue weighted by molar-refractivity contribution is -0.274. The third-order valence-corrected chi connectivity index (χ3v) is 3.62. The van der Waals surface area contributed by atoms with E-state index in [1.807, 2.05) is 26.0 Å². The summed E-state index contributed by atoms with van der Waals surface area (Å²) >= 11 is 0. The van der Waals surface area contributed by atoms with Crippen LogP contribution < -0.4 is 14.8 Å². The largest absolute Gasteiger partial charge is 0.573 e. The first-order valence-electron chi connectivity index (χ1n) is 8.67. The van der Waals surface area contributed by atoms with Crippen LogP contribution in [0.4, 0.5) is 18.9 Å². The smallest absolute Gasteiger partial charge is 0.482 e. The molecule has 0 saturated heterocycles. The van der Waals surface area contributed by atoms with Crippen LogP contribution >= 0.6 is 0 Å². The lowest BCUT2D eigenvalue weighted by Crippen LogP contribution is -2.23. The van der Waals surface area contributed by atoms with Crippen LogP contribution in [0, 0.1) is 0 Å². The van der Waals surface area contributed by atoms with Gasteiger partial charge in [0.15, 0.2) is 13.2 Å². The number of hydrogen-bond donors (Lipinski definition) is 1. The number of rotatable bonds is 8. The minimum absolute atomic E-state index is 0.209. The molecule has 0 saturated carbocycles. The first kappa shape index (κ1) is 22.1. The van der Waals surface area contributed by atoms with Crippen LogP contribution in [0.1, 0.15) is 25.3 Å². The highest BCUT2D eigenvalue weighted by molar-refractivity contribution is 5.92. The molecule has 0 bridgehead atoms. The molecule has 1 N–H and O–H groups in total. The summed E-state index contributed by atoms with van der Waals surface area (Å²) in [5.41, 5.74) is 1.17. The zero-order chi connectivity index (χ0) is 21.4. The van der Waals surface area contributed by atoms with Crippen molar-refractivity contribution in [2.75, 3.05) is 18.5 Å². The van der Waals surface area contributed by atoms with Crippen molar-refractivity contribution in [1.29, 1.82) is 0 Å². The van der Waals surface area contributed by atoms with E-state index in [-0.39, 0.29) is 18.2 Å². The molecular formula is C20H20F3NO5. The van der Waals surface area contributed by atoms with Gasteiger partial charge < -0.3 is 19.5 Å². The molecule has 0 aliphatic rings. The fraction of sp³-hybridized carbons (Fsp3) is 0.300. The molecule has 2 rings (SSSR count). The summed E-state index contributed by atoms with van der Waals surface area (Å²) in [6.45, 7) is 3.06. The quantitative estimate of drug-likeness (QED) is 0.657. The minimum Gasteiger partial charge on any atom is -0.482 e. The van der Waals surface area contributed by atoms with Crippen molar-refractivity contribution in [1.82, 2.24) is 0 Å². The highest BCUT2D eigenvalue weighted by Gasteiger charge is 2.30. The van der Waals surface area contributed by atoms with Gasteiger partial charge in [-0.3, -0.25) is 4.79 Å². The van der Waals surface area contributed by atoms with Crippen molar-refractivity contribution < 1.29 is 37.0 Å². The molecule has 0 aliphatic carbocycles. The Morgan fingerprint density at radius 1 is 1.00 bits per heavy atom. The summed E-state index contributed by atoms with van der Waals surface area (Å²) in [5.74, 6) is -1.02. The second-order valence-electron chi connectivity index (χ2n) is 6.26. The molecule has 0 aromatic heterocycles. The maximum Gasteiger partial charge on any atom is 0.573 e. The van der Waals surface area contributed by atoms with Crippen molar-refractivity contribution in [3.05, 3.63) is 54.1 Å². The average molecular weight is 411 g/mol. The molecule has 6 nitrogen and oxygen atoms in total. The Morgan fingerprint density at radius 2 is 1.66 bits per heavy atom. The molecule has 2 aromatic carbocycles. The SMILES string of the molecule is CC(C)c1ccccc1OCC(=O)OCC(=O)Nc1ccc(OC(F)(F)F)cc1. The van der Waals surface area contributed by atoms with E-state index in [4.69, 9.17) is 9.47 Å². The van der Waals surface area contributed by atoms with Crippen molar-refractivity contribution in [2.45, 2.75) is 26.1 Å². The highest BCUT2D eigenvalue weighted by Crippen LogP contribution is 2.26. The van der Waals surface area contributed by atoms with Crippen molar-refractivity contribution in [3.63, 3.8) is 0 Å². The second kappa shape index (κ2) is 9.81. The number of anilines is 1. The third-order valence-electron chi connectivity index (χ3n) is 3.62. The first-order chi connectivity index (χ1) is 13.6. The van der Waals surface area contributed by atoms with Crippen LogP contribution in [-0.4, -0.2) is 31.5 Å². The van der Waals surface area contributed by atoms with Crippen LogP contribution in [-0.2, 0) is 14.3 Å². The summed E-state index contributed by atoms with van der Waals surface area (Å²) in [4.78, 5) is 23.6. The van der Waals surface area contributed by atoms with E-state index in [1.165, 1.54) is 12.1 Å². The molecule has 156 valence electrons. The van der Waals surface area contributed by atoms with E-state index >= 15 is 0 Å². The Hall–Kier alpha value is -3.23. The van der Waals surface area contributed by atoms with Gasteiger partial charge >= 0.3 is 12.3 Å². The van der Waals surface area contributed by atoms with Crippen molar-refractivity contribution in [3.8, 4) is 11.5 Å². The zero-order valence-electron chi connectivity index (χ0n) is 15.8. The number of nitrogens with one attached hydrogen (secondary N) is 1. The molecule has 2 aromatic rings. The monoisotopic (exact) mass is 411 g/mol. The van der Waals surface area contributed by atoms with Crippen LogP contribution in [0.5, 0.6) is 11.5 Å². The number of alkyl halides is 3. The van der Waals surface area contributed by atoms with Gasteiger partial charge in [-0.05, 0) is 41.8 Å². The lowest BCUT2D eigenvalue weighted by atomic mass is 10.0. The summed E-state index contributed by atoms with van der Waals surface area (Å²) in [7, 11) is 0. The van der Waals surface area contributed by atoms with E-state index in [1.54, 1.807) is 12.1 Å². The molecule has 0 heterocycles. The van der Waals surface area contributed by atoms with Gasteiger partial charge in [0.25, 0.3) is 5.91 Å². The van der Waals surface area contributed by atoms with Crippen LogP contribution in [0.15, 0.2) is 48.5 Å². The zero-order valence-corrected chi connectivity index (χ0v) is 15.8. The number of halogens is 3. The number of hydrogen-bond acceptors (Lipinski definition) is 5. The van der Waals surface area contributed by atoms with E-state index in [9.17, 15) is 22.8 Å². The fourth-order valence-electron chi connectivity index (χ4n) is 2.35. The van der Waals surface area contributed by atoms with Crippen LogP contribution in [0.25, 0.3) is 0 Å². The van der Waals surface area contributed by atoms with E-state index in [2.05, 4.69) is 10.1 Å².